The van der Waals surface area contributed by atoms with Gasteiger partial charge in [0, 0.05) is 12.1 Å². The van der Waals surface area contributed by atoms with Crippen LogP contribution in [-0.2, 0) is 6.54 Å². The van der Waals surface area contributed by atoms with Gasteiger partial charge in [-0.3, -0.25) is 4.90 Å². The highest BCUT2D eigenvalue weighted by Crippen LogP contribution is 2.17. The van der Waals surface area contributed by atoms with Crippen molar-refractivity contribution in [2.45, 2.75) is 52.5 Å². The summed E-state index contributed by atoms with van der Waals surface area (Å²) in [7, 11) is 0. The Morgan fingerprint density at radius 3 is 2.25 bits per heavy atom. The third kappa shape index (κ3) is 2.85. The maximum Gasteiger partial charge on any atom is 0.138 e. The van der Waals surface area contributed by atoms with Crippen molar-refractivity contribution < 1.29 is 4.52 Å². The third-order valence-electron chi connectivity index (χ3n) is 3.51. The van der Waals surface area contributed by atoms with Crippen LogP contribution in [0.5, 0.6) is 0 Å². The zero-order valence-electron chi connectivity index (χ0n) is 10.5. The van der Waals surface area contributed by atoms with E-state index >= 15 is 0 Å². The van der Waals surface area contributed by atoms with Gasteiger partial charge in [0.2, 0.25) is 0 Å². The fraction of sp³-hybridized carbons (Fsp3) is 0.769. The van der Waals surface area contributed by atoms with Crippen LogP contribution in [0.1, 0.15) is 49.1 Å². The van der Waals surface area contributed by atoms with E-state index < -0.39 is 0 Å². The average Bonchev–Trinajstić information content (AvgIpc) is 2.53. The highest BCUT2D eigenvalue weighted by Gasteiger charge is 2.14. The minimum atomic E-state index is 0.986. The molecule has 3 heteroatoms. The summed E-state index contributed by atoms with van der Waals surface area (Å²) in [6, 6.07) is 0. The maximum atomic E-state index is 5.22. The molecule has 0 saturated carbocycles. The van der Waals surface area contributed by atoms with Gasteiger partial charge in [0.1, 0.15) is 5.76 Å². The molecule has 2 rings (SSSR count). The molecule has 1 aliphatic rings. The molecule has 0 unspecified atom stereocenters. The first-order valence-electron chi connectivity index (χ1n) is 6.41. The van der Waals surface area contributed by atoms with Gasteiger partial charge in [-0.2, -0.15) is 0 Å². The van der Waals surface area contributed by atoms with Gasteiger partial charge >= 0.3 is 0 Å². The van der Waals surface area contributed by atoms with E-state index in [0.29, 0.717) is 0 Å². The lowest BCUT2D eigenvalue weighted by atomic mass is 10.1. The van der Waals surface area contributed by atoms with E-state index in [1.165, 1.54) is 50.8 Å². The smallest absolute Gasteiger partial charge is 0.138 e. The molecule has 3 nitrogen and oxygen atoms in total. The van der Waals surface area contributed by atoms with Crippen LogP contribution in [0.15, 0.2) is 4.52 Å². The lowest BCUT2D eigenvalue weighted by Gasteiger charge is -2.24. The summed E-state index contributed by atoms with van der Waals surface area (Å²) >= 11 is 0. The largest absolute Gasteiger partial charge is 0.361 e. The second-order valence-electron chi connectivity index (χ2n) is 4.85. The number of rotatable bonds is 2. The van der Waals surface area contributed by atoms with Gasteiger partial charge in [-0.15, -0.1) is 0 Å². The quantitative estimate of drug-likeness (QED) is 0.770. The first-order chi connectivity index (χ1) is 7.77. The first kappa shape index (κ1) is 11.6. The molecule has 1 aliphatic heterocycles. The lowest BCUT2D eigenvalue weighted by molar-refractivity contribution is 0.238. The fourth-order valence-electron chi connectivity index (χ4n) is 2.42. The second-order valence-corrected chi connectivity index (χ2v) is 4.85. The van der Waals surface area contributed by atoms with E-state index in [0.717, 1.165) is 18.0 Å². The van der Waals surface area contributed by atoms with Crippen molar-refractivity contribution in [2.24, 2.45) is 0 Å². The van der Waals surface area contributed by atoms with Gasteiger partial charge in [-0.1, -0.05) is 24.4 Å². The summed E-state index contributed by atoms with van der Waals surface area (Å²) in [5.74, 6) is 0.986. The molecule has 90 valence electrons. The zero-order valence-corrected chi connectivity index (χ0v) is 10.5. The fourth-order valence-corrected chi connectivity index (χ4v) is 2.42. The summed E-state index contributed by atoms with van der Waals surface area (Å²) in [4.78, 5) is 2.55. The molecule has 2 heterocycles. The molecular formula is C13H22N2O. The van der Waals surface area contributed by atoms with Crippen molar-refractivity contribution in [3.63, 3.8) is 0 Å². The van der Waals surface area contributed by atoms with Gasteiger partial charge in [-0.25, -0.2) is 0 Å². The van der Waals surface area contributed by atoms with Gasteiger partial charge in [-0.05, 0) is 39.8 Å². The monoisotopic (exact) mass is 222 g/mol. The van der Waals surface area contributed by atoms with Crippen molar-refractivity contribution in [1.82, 2.24) is 10.1 Å². The topological polar surface area (TPSA) is 29.3 Å². The Morgan fingerprint density at radius 2 is 1.69 bits per heavy atom. The Labute approximate surface area is 97.8 Å². The number of aromatic nitrogens is 1. The Kier molecular flexibility index (Phi) is 3.99. The Balaban J connectivity index is 1.96. The molecular weight excluding hydrogens is 200 g/mol. The van der Waals surface area contributed by atoms with E-state index in [-0.39, 0.29) is 0 Å². The minimum absolute atomic E-state index is 0.986. The Morgan fingerprint density at radius 1 is 1.06 bits per heavy atom. The molecule has 0 radical (unpaired) electrons. The van der Waals surface area contributed by atoms with Crippen LogP contribution >= 0.6 is 0 Å². The Bertz CT molecular complexity index is 305. The molecule has 0 aliphatic carbocycles. The zero-order chi connectivity index (χ0) is 11.4. The summed E-state index contributed by atoms with van der Waals surface area (Å²) in [6.07, 6.45) is 6.86. The van der Waals surface area contributed by atoms with E-state index in [1.54, 1.807) is 0 Å². The molecule has 1 aromatic heterocycles. The van der Waals surface area contributed by atoms with Crippen molar-refractivity contribution in [3.8, 4) is 0 Å². The van der Waals surface area contributed by atoms with Crippen LogP contribution in [-0.4, -0.2) is 23.1 Å². The van der Waals surface area contributed by atoms with Gasteiger partial charge in [0.05, 0.1) is 5.69 Å². The van der Waals surface area contributed by atoms with E-state index in [9.17, 15) is 0 Å². The first-order valence-corrected chi connectivity index (χ1v) is 6.41. The van der Waals surface area contributed by atoms with E-state index in [2.05, 4.69) is 10.1 Å². The molecule has 1 aromatic rings. The predicted molar refractivity (Wildman–Crippen MR) is 64.3 cm³/mol. The molecule has 0 N–H and O–H groups in total. The normalized spacial score (nSPS) is 19.4. The van der Waals surface area contributed by atoms with Crippen LogP contribution in [0.2, 0.25) is 0 Å². The highest BCUT2D eigenvalue weighted by molar-refractivity contribution is 5.20. The van der Waals surface area contributed by atoms with Crippen LogP contribution in [0.25, 0.3) is 0 Å². The van der Waals surface area contributed by atoms with E-state index in [4.69, 9.17) is 4.52 Å². The van der Waals surface area contributed by atoms with Crippen molar-refractivity contribution in [2.75, 3.05) is 13.1 Å². The van der Waals surface area contributed by atoms with Crippen LogP contribution in [0.4, 0.5) is 0 Å². The second kappa shape index (κ2) is 5.48. The van der Waals surface area contributed by atoms with Gasteiger partial charge < -0.3 is 4.52 Å². The van der Waals surface area contributed by atoms with Crippen molar-refractivity contribution in [3.05, 3.63) is 17.0 Å². The summed E-state index contributed by atoms with van der Waals surface area (Å²) in [5, 5.41) is 4.02. The number of likely N-dealkylation sites (tertiary alicyclic amines) is 1. The predicted octanol–water partition coefficient (Wildman–Crippen LogP) is 3.06. The molecule has 0 amide bonds. The SMILES string of the molecule is Cc1noc(C)c1CN1CCCCCCC1. The average molecular weight is 222 g/mol. The van der Waals surface area contributed by atoms with Crippen LogP contribution in [0.3, 0.4) is 0 Å². The van der Waals surface area contributed by atoms with Crippen LogP contribution in [0, 0.1) is 13.8 Å². The summed E-state index contributed by atoms with van der Waals surface area (Å²) in [5.41, 5.74) is 2.35. The molecule has 1 fully saturated rings. The Hall–Kier alpha value is -0.830. The number of hydrogen-bond donors (Lipinski definition) is 0. The minimum Gasteiger partial charge on any atom is -0.361 e. The maximum absolute atomic E-state index is 5.22. The van der Waals surface area contributed by atoms with Gasteiger partial charge in [0.15, 0.2) is 0 Å². The molecule has 0 aromatic carbocycles. The standard InChI is InChI=1S/C13H22N2O/c1-11-13(12(2)16-14-11)10-15-8-6-4-3-5-7-9-15/h3-10H2,1-2H3. The lowest BCUT2D eigenvalue weighted by Crippen LogP contribution is -2.27. The summed E-state index contributed by atoms with van der Waals surface area (Å²) < 4.78 is 5.22. The highest BCUT2D eigenvalue weighted by atomic mass is 16.5. The molecule has 1 saturated heterocycles. The number of aryl methyl sites for hydroxylation is 2. The third-order valence-corrected chi connectivity index (χ3v) is 3.51. The number of nitrogens with zero attached hydrogens (tertiary/aromatic N) is 2. The van der Waals surface area contributed by atoms with E-state index in [1.807, 2.05) is 13.8 Å². The molecule has 0 spiro atoms. The molecule has 16 heavy (non-hydrogen) atoms. The number of hydrogen-bond acceptors (Lipinski definition) is 3. The summed E-state index contributed by atoms with van der Waals surface area (Å²) in [6.45, 7) is 7.52. The van der Waals surface area contributed by atoms with Gasteiger partial charge in [0.25, 0.3) is 0 Å². The molecule has 0 bridgehead atoms. The van der Waals surface area contributed by atoms with Crippen LogP contribution < -0.4 is 0 Å². The molecule has 0 atom stereocenters. The van der Waals surface area contributed by atoms with Crippen molar-refractivity contribution in [1.29, 1.82) is 0 Å². The van der Waals surface area contributed by atoms with Crippen molar-refractivity contribution >= 4 is 0 Å².